The molecule has 20 heavy (non-hydrogen) atoms. The van der Waals surface area contributed by atoms with Crippen molar-refractivity contribution in [2.24, 2.45) is 0 Å². The van der Waals surface area contributed by atoms with E-state index >= 15 is 0 Å². The number of aromatic nitrogens is 2. The second-order valence-corrected chi connectivity index (χ2v) is 6.25. The standard InChI is InChI=1S/C17H24N2O/c1-5-6-12-14-15(13-10-8-7-9-11-13)16(20)19(18-14)17(2,3)4/h7-11,18H,5-6,12H2,1-4H3. The van der Waals surface area contributed by atoms with E-state index in [0.29, 0.717) is 0 Å². The van der Waals surface area contributed by atoms with Crippen LogP contribution in [-0.2, 0) is 12.0 Å². The minimum absolute atomic E-state index is 0.0785. The van der Waals surface area contributed by atoms with Gasteiger partial charge in [0.15, 0.2) is 0 Å². The first-order chi connectivity index (χ1) is 9.45. The quantitative estimate of drug-likeness (QED) is 0.899. The molecule has 0 radical (unpaired) electrons. The molecule has 0 atom stereocenters. The van der Waals surface area contributed by atoms with E-state index in [1.165, 1.54) is 0 Å². The highest BCUT2D eigenvalue weighted by molar-refractivity contribution is 5.65. The van der Waals surface area contributed by atoms with E-state index < -0.39 is 0 Å². The van der Waals surface area contributed by atoms with Gasteiger partial charge in [0.1, 0.15) is 0 Å². The van der Waals surface area contributed by atoms with Gasteiger partial charge < -0.3 is 0 Å². The monoisotopic (exact) mass is 272 g/mol. The Bertz CT molecular complexity index is 615. The highest BCUT2D eigenvalue weighted by Gasteiger charge is 2.22. The number of rotatable bonds is 4. The van der Waals surface area contributed by atoms with Crippen LogP contribution in [0.5, 0.6) is 0 Å². The predicted molar refractivity (Wildman–Crippen MR) is 84.1 cm³/mol. The van der Waals surface area contributed by atoms with Gasteiger partial charge in [-0.3, -0.25) is 9.89 Å². The molecular formula is C17H24N2O. The maximum atomic E-state index is 12.7. The van der Waals surface area contributed by atoms with Crippen molar-refractivity contribution in [1.29, 1.82) is 0 Å². The van der Waals surface area contributed by atoms with E-state index in [1.54, 1.807) is 4.68 Å². The molecule has 1 aromatic carbocycles. The van der Waals surface area contributed by atoms with Crippen LogP contribution in [0.1, 0.15) is 46.2 Å². The van der Waals surface area contributed by atoms with E-state index in [2.05, 4.69) is 12.0 Å². The average Bonchev–Trinajstić information content (AvgIpc) is 2.74. The molecule has 1 N–H and O–H groups in total. The lowest BCUT2D eigenvalue weighted by atomic mass is 10.0. The molecule has 1 heterocycles. The van der Waals surface area contributed by atoms with Gasteiger partial charge in [-0.1, -0.05) is 43.7 Å². The Morgan fingerprint density at radius 3 is 2.35 bits per heavy atom. The van der Waals surface area contributed by atoms with Gasteiger partial charge in [0, 0.05) is 5.69 Å². The zero-order valence-electron chi connectivity index (χ0n) is 12.9. The van der Waals surface area contributed by atoms with Gasteiger partial charge >= 0.3 is 0 Å². The molecule has 0 amide bonds. The molecule has 0 spiro atoms. The normalized spacial score (nSPS) is 11.8. The lowest BCUT2D eigenvalue weighted by Crippen LogP contribution is -2.32. The summed E-state index contributed by atoms with van der Waals surface area (Å²) in [6, 6.07) is 9.95. The Morgan fingerprint density at radius 2 is 1.80 bits per heavy atom. The van der Waals surface area contributed by atoms with Crippen molar-refractivity contribution in [2.75, 3.05) is 0 Å². The topological polar surface area (TPSA) is 37.8 Å². The van der Waals surface area contributed by atoms with Crippen molar-refractivity contribution in [2.45, 2.75) is 52.5 Å². The van der Waals surface area contributed by atoms with Crippen LogP contribution in [0.4, 0.5) is 0 Å². The molecule has 2 aromatic rings. The van der Waals surface area contributed by atoms with Gasteiger partial charge in [-0.25, -0.2) is 4.68 Å². The molecule has 3 heteroatoms. The van der Waals surface area contributed by atoms with Crippen LogP contribution >= 0.6 is 0 Å². The Labute approximate surface area is 120 Å². The lowest BCUT2D eigenvalue weighted by Gasteiger charge is -2.19. The van der Waals surface area contributed by atoms with Gasteiger partial charge in [0.05, 0.1) is 11.1 Å². The van der Waals surface area contributed by atoms with Crippen molar-refractivity contribution in [3.63, 3.8) is 0 Å². The van der Waals surface area contributed by atoms with Crippen LogP contribution in [0, 0.1) is 0 Å². The van der Waals surface area contributed by atoms with Crippen molar-refractivity contribution in [3.8, 4) is 11.1 Å². The number of nitrogens with zero attached hydrogens (tertiary/aromatic N) is 1. The van der Waals surface area contributed by atoms with Crippen LogP contribution in [-0.4, -0.2) is 9.78 Å². The lowest BCUT2D eigenvalue weighted by molar-refractivity contribution is 0.343. The predicted octanol–water partition coefficient (Wildman–Crippen LogP) is 3.94. The van der Waals surface area contributed by atoms with Crippen LogP contribution in [0.2, 0.25) is 0 Å². The number of unbranched alkanes of at least 4 members (excludes halogenated alkanes) is 1. The molecule has 0 saturated heterocycles. The maximum absolute atomic E-state index is 12.7. The molecule has 0 aliphatic carbocycles. The number of H-pyrrole nitrogens is 1. The molecule has 1 aromatic heterocycles. The Kier molecular flexibility index (Phi) is 4.17. The minimum atomic E-state index is -0.231. The largest absolute Gasteiger partial charge is 0.299 e. The zero-order chi connectivity index (χ0) is 14.8. The number of hydrogen-bond acceptors (Lipinski definition) is 1. The molecule has 3 nitrogen and oxygen atoms in total. The third-order valence-corrected chi connectivity index (χ3v) is 3.48. The Balaban J connectivity index is 2.59. The summed E-state index contributed by atoms with van der Waals surface area (Å²) in [7, 11) is 0. The van der Waals surface area contributed by atoms with E-state index in [0.717, 1.165) is 36.1 Å². The summed E-state index contributed by atoms with van der Waals surface area (Å²) in [6.45, 7) is 8.30. The number of hydrogen-bond donors (Lipinski definition) is 1. The van der Waals surface area contributed by atoms with Gasteiger partial charge in [-0.05, 0) is 39.2 Å². The van der Waals surface area contributed by atoms with Gasteiger partial charge in [-0.15, -0.1) is 0 Å². The molecule has 0 unspecified atom stereocenters. The van der Waals surface area contributed by atoms with Crippen molar-refractivity contribution in [1.82, 2.24) is 9.78 Å². The first kappa shape index (κ1) is 14.6. The van der Waals surface area contributed by atoms with Crippen LogP contribution in [0.3, 0.4) is 0 Å². The summed E-state index contributed by atoms with van der Waals surface area (Å²) in [5.41, 5.74) is 2.73. The van der Waals surface area contributed by atoms with Crippen LogP contribution < -0.4 is 5.56 Å². The molecule has 2 rings (SSSR count). The van der Waals surface area contributed by atoms with Crippen LogP contribution in [0.15, 0.2) is 35.1 Å². The second-order valence-electron chi connectivity index (χ2n) is 6.25. The molecule has 0 saturated carbocycles. The van der Waals surface area contributed by atoms with Crippen molar-refractivity contribution < 1.29 is 0 Å². The van der Waals surface area contributed by atoms with E-state index in [1.807, 2.05) is 51.1 Å². The number of aryl methyl sites for hydroxylation is 1. The number of benzene rings is 1. The average molecular weight is 272 g/mol. The first-order valence-corrected chi connectivity index (χ1v) is 7.35. The third kappa shape index (κ3) is 2.87. The molecule has 108 valence electrons. The zero-order valence-corrected chi connectivity index (χ0v) is 12.9. The fraction of sp³-hybridized carbons (Fsp3) is 0.471. The highest BCUT2D eigenvalue weighted by atomic mass is 16.1. The Morgan fingerprint density at radius 1 is 1.15 bits per heavy atom. The molecule has 0 aliphatic heterocycles. The fourth-order valence-electron chi connectivity index (χ4n) is 2.39. The number of nitrogens with one attached hydrogen (secondary N) is 1. The second kappa shape index (κ2) is 5.70. The summed E-state index contributed by atoms with van der Waals surface area (Å²) >= 11 is 0. The van der Waals surface area contributed by atoms with E-state index in [9.17, 15) is 4.79 Å². The number of aromatic amines is 1. The van der Waals surface area contributed by atoms with E-state index in [4.69, 9.17) is 0 Å². The summed E-state index contributed by atoms with van der Waals surface area (Å²) in [5, 5.41) is 3.33. The van der Waals surface area contributed by atoms with Crippen LogP contribution in [0.25, 0.3) is 11.1 Å². The third-order valence-electron chi connectivity index (χ3n) is 3.48. The van der Waals surface area contributed by atoms with Gasteiger partial charge in [-0.2, -0.15) is 0 Å². The summed E-state index contributed by atoms with van der Waals surface area (Å²) in [5.74, 6) is 0. The maximum Gasteiger partial charge on any atom is 0.275 e. The van der Waals surface area contributed by atoms with Gasteiger partial charge in [0.2, 0.25) is 0 Å². The van der Waals surface area contributed by atoms with Gasteiger partial charge in [0.25, 0.3) is 5.56 Å². The van der Waals surface area contributed by atoms with Crippen molar-refractivity contribution >= 4 is 0 Å². The molecule has 0 bridgehead atoms. The van der Waals surface area contributed by atoms with E-state index in [-0.39, 0.29) is 11.1 Å². The fourth-order valence-corrected chi connectivity index (χ4v) is 2.39. The summed E-state index contributed by atoms with van der Waals surface area (Å²) in [4.78, 5) is 12.7. The molecule has 0 aliphatic rings. The smallest absolute Gasteiger partial charge is 0.275 e. The Hall–Kier alpha value is -1.77. The molecular weight excluding hydrogens is 248 g/mol. The first-order valence-electron chi connectivity index (χ1n) is 7.35. The van der Waals surface area contributed by atoms with Crippen molar-refractivity contribution in [3.05, 3.63) is 46.4 Å². The minimum Gasteiger partial charge on any atom is -0.299 e. The molecule has 0 fully saturated rings. The SMILES string of the molecule is CCCCc1[nH]n(C(C)(C)C)c(=O)c1-c1ccccc1. The summed E-state index contributed by atoms with van der Waals surface area (Å²) < 4.78 is 1.75. The summed E-state index contributed by atoms with van der Waals surface area (Å²) in [6.07, 6.45) is 3.12. The highest BCUT2D eigenvalue weighted by Crippen LogP contribution is 2.22.